The highest BCUT2D eigenvalue weighted by atomic mass is 35.5. The highest BCUT2D eigenvalue weighted by molar-refractivity contribution is 7.14. The highest BCUT2D eigenvalue weighted by Crippen LogP contribution is 2.40. The quantitative estimate of drug-likeness (QED) is 0.192. The molecule has 0 atom stereocenters. The van der Waals surface area contributed by atoms with Crippen molar-refractivity contribution in [2.24, 2.45) is 0 Å². The molecule has 4 aromatic carbocycles. The van der Waals surface area contributed by atoms with E-state index in [-0.39, 0.29) is 0 Å². The number of fused-ring (bicyclic) bond motifs is 2. The predicted octanol–water partition coefficient (Wildman–Crippen LogP) is 8.65. The van der Waals surface area contributed by atoms with E-state index < -0.39 is 0 Å². The molecule has 38 heavy (non-hydrogen) atoms. The maximum atomic E-state index is 11.3. The number of hydrogen-bond acceptors (Lipinski definition) is 8. The van der Waals surface area contributed by atoms with Gasteiger partial charge in [0.2, 0.25) is 0 Å². The van der Waals surface area contributed by atoms with Crippen molar-refractivity contribution in [2.45, 2.75) is 6.92 Å². The standard InChI is InChI=1S/C29H19ClN4O2S2/c1-16-19(4-2-6-23(16)31-28-21-12-17(14-35)8-10-25(21)37-33-28)20-5-3-7-24(27(20)30)32-29-22-13-18(15-36)9-11-26(22)38-34-29/h2-15H,1H3,(H,31,33)(H,32,34). The van der Waals surface area contributed by atoms with Crippen LogP contribution >= 0.6 is 34.7 Å². The number of benzene rings is 4. The molecule has 6 rings (SSSR count). The average molecular weight is 555 g/mol. The van der Waals surface area contributed by atoms with Gasteiger partial charge in [0.15, 0.2) is 11.6 Å². The number of carbonyl (C=O) groups is 2. The molecule has 0 amide bonds. The first-order chi connectivity index (χ1) is 18.6. The molecule has 0 aliphatic carbocycles. The molecule has 0 radical (unpaired) electrons. The van der Waals surface area contributed by atoms with Gasteiger partial charge in [0, 0.05) is 33.2 Å². The topological polar surface area (TPSA) is 84.0 Å². The first-order valence-electron chi connectivity index (χ1n) is 11.7. The van der Waals surface area contributed by atoms with Gasteiger partial charge in [-0.25, -0.2) is 0 Å². The summed E-state index contributed by atoms with van der Waals surface area (Å²) in [6.07, 6.45) is 1.67. The third kappa shape index (κ3) is 4.32. The molecule has 2 heterocycles. The average Bonchev–Trinajstić information content (AvgIpc) is 3.54. The zero-order chi connectivity index (χ0) is 26.2. The Morgan fingerprint density at radius 2 is 1.24 bits per heavy atom. The molecule has 6 aromatic rings. The fourth-order valence-corrected chi connectivity index (χ4v) is 6.10. The van der Waals surface area contributed by atoms with Crippen LogP contribution in [-0.4, -0.2) is 21.3 Å². The van der Waals surface area contributed by atoms with Gasteiger partial charge in [-0.15, -0.1) is 0 Å². The van der Waals surface area contributed by atoms with Gasteiger partial charge < -0.3 is 10.6 Å². The first-order valence-corrected chi connectivity index (χ1v) is 13.6. The Hall–Kier alpha value is -4.11. The predicted molar refractivity (Wildman–Crippen MR) is 158 cm³/mol. The van der Waals surface area contributed by atoms with Crippen LogP contribution in [0.25, 0.3) is 31.3 Å². The number of aldehydes is 2. The summed E-state index contributed by atoms with van der Waals surface area (Å²) >= 11 is 9.69. The van der Waals surface area contributed by atoms with Gasteiger partial charge in [-0.1, -0.05) is 48.0 Å². The molecule has 0 aliphatic rings. The molecular formula is C29H19ClN4O2S2. The van der Waals surface area contributed by atoms with Crippen LogP contribution < -0.4 is 10.6 Å². The van der Waals surface area contributed by atoms with Crippen molar-refractivity contribution in [1.29, 1.82) is 0 Å². The van der Waals surface area contributed by atoms with Gasteiger partial charge in [-0.05, 0) is 77.5 Å². The Morgan fingerprint density at radius 3 is 1.82 bits per heavy atom. The van der Waals surface area contributed by atoms with Crippen molar-refractivity contribution >= 4 is 90.4 Å². The van der Waals surface area contributed by atoms with Crippen LogP contribution in [-0.2, 0) is 0 Å². The Labute approximate surface area is 231 Å². The third-order valence-electron chi connectivity index (χ3n) is 6.39. The minimum absolute atomic E-state index is 0.565. The van der Waals surface area contributed by atoms with Gasteiger partial charge in [-0.2, -0.15) is 8.75 Å². The van der Waals surface area contributed by atoms with E-state index in [2.05, 4.69) is 19.4 Å². The van der Waals surface area contributed by atoms with Gasteiger partial charge >= 0.3 is 0 Å². The van der Waals surface area contributed by atoms with Crippen molar-refractivity contribution in [3.8, 4) is 11.1 Å². The van der Waals surface area contributed by atoms with Gasteiger partial charge in [-0.3, -0.25) is 9.59 Å². The summed E-state index contributed by atoms with van der Waals surface area (Å²) in [5.74, 6) is 1.37. The van der Waals surface area contributed by atoms with Gasteiger partial charge in [0.05, 0.1) is 20.1 Å². The number of aromatic nitrogens is 2. The van der Waals surface area contributed by atoms with E-state index in [0.29, 0.717) is 27.8 Å². The number of anilines is 4. The van der Waals surface area contributed by atoms with Crippen LogP contribution in [0.3, 0.4) is 0 Å². The fraction of sp³-hybridized carbons (Fsp3) is 0.0345. The largest absolute Gasteiger partial charge is 0.339 e. The van der Waals surface area contributed by atoms with Crippen LogP contribution in [0.4, 0.5) is 23.0 Å². The molecule has 0 fully saturated rings. The summed E-state index contributed by atoms with van der Waals surface area (Å²) in [4.78, 5) is 22.5. The second-order valence-electron chi connectivity index (χ2n) is 8.70. The molecule has 0 saturated carbocycles. The van der Waals surface area contributed by atoms with Gasteiger partial charge in [0.1, 0.15) is 12.6 Å². The first kappa shape index (κ1) is 24.2. The summed E-state index contributed by atoms with van der Waals surface area (Å²) in [7, 11) is 0. The lowest BCUT2D eigenvalue weighted by molar-refractivity contribution is 0.111. The number of halogens is 1. The maximum absolute atomic E-state index is 11.3. The molecular weight excluding hydrogens is 536 g/mol. The smallest absolute Gasteiger partial charge is 0.152 e. The SMILES string of the molecule is Cc1c(Nc2nsc3ccc(C=O)cc23)cccc1-c1cccc(Nc2nsc3ccc(C=O)cc23)c1Cl. The molecule has 186 valence electrons. The molecule has 0 unspecified atom stereocenters. The van der Waals surface area contributed by atoms with Crippen LogP contribution in [0.5, 0.6) is 0 Å². The minimum atomic E-state index is 0.565. The molecule has 6 nitrogen and oxygen atoms in total. The maximum Gasteiger partial charge on any atom is 0.152 e. The van der Waals surface area contributed by atoms with Crippen LogP contribution in [0.1, 0.15) is 26.3 Å². The Morgan fingerprint density at radius 1 is 0.711 bits per heavy atom. The molecule has 2 aromatic heterocycles. The minimum Gasteiger partial charge on any atom is -0.339 e. The zero-order valence-electron chi connectivity index (χ0n) is 20.0. The van der Waals surface area contributed by atoms with E-state index in [1.54, 1.807) is 12.1 Å². The summed E-state index contributed by atoms with van der Waals surface area (Å²) < 4.78 is 11.1. The number of nitrogens with one attached hydrogen (secondary N) is 2. The lowest BCUT2D eigenvalue weighted by Crippen LogP contribution is -1.97. The molecule has 0 saturated heterocycles. The van der Waals surface area contributed by atoms with Gasteiger partial charge in [0.25, 0.3) is 0 Å². The summed E-state index contributed by atoms with van der Waals surface area (Å²) in [6.45, 7) is 2.04. The highest BCUT2D eigenvalue weighted by Gasteiger charge is 2.16. The molecule has 2 N–H and O–H groups in total. The van der Waals surface area contributed by atoms with Crippen molar-refractivity contribution in [3.63, 3.8) is 0 Å². The van der Waals surface area contributed by atoms with E-state index >= 15 is 0 Å². The van der Waals surface area contributed by atoms with E-state index in [9.17, 15) is 9.59 Å². The van der Waals surface area contributed by atoms with Crippen molar-refractivity contribution in [1.82, 2.24) is 8.75 Å². The van der Waals surface area contributed by atoms with Crippen LogP contribution in [0.15, 0.2) is 72.8 Å². The third-order valence-corrected chi connectivity index (χ3v) is 8.45. The molecule has 0 bridgehead atoms. The molecule has 0 aliphatic heterocycles. The fourth-order valence-electron chi connectivity index (χ4n) is 4.39. The summed E-state index contributed by atoms with van der Waals surface area (Å²) in [6, 6.07) is 22.9. The normalized spacial score (nSPS) is 11.1. The van der Waals surface area contributed by atoms with Crippen molar-refractivity contribution in [3.05, 3.63) is 94.5 Å². The second-order valence-corrected chi connectivity index (χ2v) is 10.7. The molecule has 0 spiro atoms. The van der Waals surface area contributed by atoms with Crippen molar-refractivity contribution in [2.75, 3.05) is 10.6 Å². The van der Waals surface area contributed by atoms with Crippen LogP contribution in [0, 0.1) is 6.92 Å². The van der Waals surface area contributed by atoms with E-state index in [1.165, 1.54) is 23.1 Å². The number of nitrogens with zero attached hydrogens (tertiary/aromatic N) is 2. The van der Waals surface area contributed by atoms with Crippen LogP contribution in [0.2, 0.25) is 5.02 Å². The lowest BCUT2D eigenvalue weighted by atomic mass is 9.98. The number of hydrogen-bond donors (Lipinski definition) is 2. The summed E-state index contributed by atoms with van der Waals surface area (Å²) in [5.41, 5.74) is 5.67. The number of carbonyl (C=O) groups excluding carboxylic acids is 2. The Bertz CT molecular complexity index is 1730. The van der Waals surface area contributed by atoms with E-state index in [0.717, 1.165) is 60.8 Å². The van der Waals surface area contributed by atoms with Crippen molar-refractivity contribution < 1.29 is 9.59 Å². The lowest BCUT2D eigenvalue weighted by Gasteiger charge is -2.16. The second kappa shape index (κ2) is 9.98. The Balaban J connectivity index is 1.35. The monoisotopic (exact) mass is 554 g/mol. The summed E-state index contributed by atoms with van der Waals surface area (Å²) in [5, 5.41) is 9.14. The number of rotatable bonds is 7. The molecule has 9 heteroatoms. The Kier molecular flexibility index (Phi) is 6.37. The zero-order valence-corrected chi connectivity index (χ0v) is 22.4. The van der Waals surface area contributed by atoms with E-state index in [4.69, 9.17) is 11.6 Å². The van der Waals surface area contributed by atoms with E-state index in [1.807, 2.05) is 67.6 Å².